The molecule has 0 aromatic heterocycles. The summed E-state index contributed by atoms with van der Waals surface area (Å²) in [5, 5.41) is 18.9. The van der Waals surface area contributed by atoms with Crippen molar-refractivity contribution < 1.29 is 19.4 Å². The third kappa shape index (κ3) is 6.59. The lowest BCUT2D eigenvalue weighted by Crippen LogP contribution is -2.52. The van der Waals surface area contributed by atoms with Gasteiger partial charge in [0, 0.05) is 23.2 Å². The average Bonchev–Trinajstić information content (AvgIpc) is 3.26. The van der Waals surface area contributed by atoms with Crippen LogP contribution in [0.15, 0.2) is 24.3 Å². The highest BCUT2D eigenvalue weighted by Crippen LogP contribution is 2.27. The van der Waals surface area contributed by atoms with Gasteiger partial charge in [0.15, 0.2) is 0 Å². The van der Waals surface area contributed by atoms with Crippen molar-refractivity contribution in [2.24, 2.45) is 5.92 Å². The number of urea groups is 1. The van der Waals surface area contributed by atoms with E-state index in [-0.39, 0.29) is 36.6 Å². The van der Waals surface area contributed by atoms with E-state index >= 15 is 0 Å². The van der Waals surface area contributed by atoms with Crippen LogP contribution in [0.5, 0.6) is 0 Å². The van der Waals surface area contributed by atoms with Crippen LogP contribution in [0, 0.1) is 5.92 Å². The second-order valence-electron chi connectivity index (χ2n) is 7.83. The zero-order valence-electron chi connectivity index (χ0n) is 16.5. The van der Waals surface area contributed by atoms with Crippen molar-refractivity contribution in [2.45, 2.75) is 63.2 Å². The molecule has 8 heteroatoms. The van der Waals surface area contributed by atoms with Crippen molar-refractivity contribution >= 4 is 29.2 Å². The molecule has 7 nitrogen and oxygen atoms in total. The topological polar surface area (TPSA) is 99.7 Å². The number of aliphatic hydroxyl groups is 1. The third-order valence-electron chi connectivity index (χ3n) is 5.70. The minimum atomic E-state index is -0.401. The minimum Gasteiger partial charge on any atom is -0.394 e. The molecule has 1 saturated carbocycles. The molecule has 160 valence electrons. The van der Waals surface area contributed by atoms with Crippen molar-refractivity contribution in [3.05, 3.63) is 29.3 Å². The standard InChI is InChI=1S/C21H30ClN3O4/c22-15-5-7-16(8-6-15)24-21(28)23-12-11-17-9-10-18(19(13-26)29-17)25-20(27)14-3-1-2-4-14/h5-8,14,17-19,26H,1-4,9-13H2,(H,25,27)(H2,23,24,28)/t17-,18+,19-/m0/s1. The largest absolute Gasteiger partial charge is 0.394 e. The van der Waals surface area contributed by atoms with Crippen LogP contribution in [-0.4, -0.2) is 48.4 Å². The van der Waals surface area contributed by atoms with Crippen LogP contribution in [0.1, 0.15) is 44.9 Å². The molecular formula is C21H30ClN3O4. The Morgan fingerprint density at radius 3 is 2.52 bits per heavy atom. The minimum absolute atomic E-state index is 0.0531. The number of anilines is 1. The molecule has 3 rings (SSSR count). The Labute approximate surface area is 176 Å². The summed E-state index contributed by atoms with van der Waals surface area (Å²) in [6.45, 7) is 0.331. The molecule has 3 amide bonds. The Morgan fingerprint density at radius 1 is 1.10 bits per heavy atom. The molecule has 1 aromatic carbocycles. The number of carbonyl (C=O) groups is 2. The molecule has 1 saturated heterocycles. The number of carbonyl (C=O) groups excluding carboxylic acids is 2. The maximum atomic E-state index is 12.4. The van der Waals surface area contributed by atoms with Crippen LogP contribution in [-0.2, 0) is 9.53 Å². The highest BCUT2D eigenvalue weighted by molar-refractivity contribution is 6.30. The summed E-state index contributed by atoms with van der Waals surface area (Å²) in [4.78, 5) is 24.3. The Balaban J connectivity index is 1.37. The van der Waals surface area contributed by atoms with Gasteiger partial charge in [-0.05, 0) is 56.4 Å². The summed E-state index contributed by atoms with van der Waals surface area (Å²) < 4.78 is 5.97. The number of ether oxygens (including phenoxy) is 1. The maximum absolute atomic E-state index is 12.4. The van der Waals surface area contributed by atoms with Crippen molar-refractivity contribution in [1.29, 1.82) is 0 Å². The Kier molecular flexibility index (Phi) is 8.15. The van der Waals surface area contributed by atoms with Gasteiger partial charge in [-0.2, -0.15) is 0 Å². The molecule has 4 N–H and O–H groups in total. The van der Waals surface area contributed by atoms with Crippen molar-refractivity contribution in [3.8, 4) is 0 Å². The fourth-order valence-corrected chi connectivity index (χ4v) is 4.18. The van der Waals surface area contributed by atoms with E-state index < -0.39 is 6.10 Å². The molecule has 29 heavy (non-hydrogen) atoms. The van der Waals surface area contributed by atoms with Gasteiger partial charge in [-0.25, -0.2) is 4.79 Å². The molecule has 1 heterocycles. The molecule has 1 aromatic rings. The van der Waals surface area contributed by atoms with Gasteiger partial charge in [-0.15, -0.1) is 0 Å². The first-order chi connectivity index (χ1) is 14.0. The normalized spacial score (nSPS) is 24.8. The van der Waals surface area contributed by atoms with Gasteiger partial charge in [-0.3, -0.25) is 4.79 Å². The first kappa shape index (κ1) is 21.9. The summed E-state index contributed by atoms with van der Waals surface area (Å²) in [6.07, 6.45) is 5.88. The fourth-order valence-electron chi connectivity index (χ4n) is 4.05. The third-order valence-corrected chi connectivity index (χ3v) is 5.96. The Morgan fingerprint density at radius 2 is 1.83 bits per heavy atom. The first-order valence-electron chi connectivity index (χ1n) is 10.4. The van der Waals surface area contributed by atoms with Gasteiger partial charge in [-0.1, -0.05) is 24.4 Å². The van der Waals surface area contributed by atoms with Gasteiger partial charge in [0.1, 0.15) is 6.10 Å². The fraction of sp³-hybridized carbons (Fsp3) is 0.619. The van der Waals surface area contributed by atoms with Gasteiger partial charge in [0.2, 0.25) is 5.91 Å². The highest BCUT2D eigenvalue weighted by Gasteiger charge is 2.33. The predicted molar refractivity (Wildman–Crippen MR) is 112 cm³/mol. The van der Waals surface area contributed by atoms with E-state index in [0.29, 0.717) is 23.7 Å². The van der Waals surface area contributed by atoms with Crippen LogP contribution in [0.4, 0.5) is 10.5 Å². The van der Waals surface area contributed by atoms with Crippen LogP contribution >= 0.6 is 11.6 Å². The number of benzene rings is 1. The number of aliphatic hydroxyl groups excluding tert-OH is 1. The number of hydrogen-bond acceptors (Lipinski definition) is 4. The molecule has 0 spiro atoms. The van der Waals surface area contributed by atoms with Crippen molar-refractivity contribution in [2.75, 3.05) is 18.5 Å². The van der Waals surface area contributed by atoms with E-state index in [2.05, 4.69) is 16.0 Å². The zero-order valence-corrected chi connectivity index (χ0v) is 17.3. The smallest absolute Gasteiger partial charge is 0.319 e. The summed E-state index contributed by atoms with van der Waals surface area (Å²) >= 11 is 5.83. The quantitative estimate of drug-likeness (QED) is 0.541. The number of amides is 3. The van der Waals surface area contributed by atoms with Crippen LogP contribution < -0.4 is 16.0 Å². The number of hydrogen-bond donors (Lipinski definition) is 4. The molecule has 0 radical (unpaired) electrons. The SMILES string of the molecule is O=C(NCC[C@@H]1CC[C@@H](NC(=O)C2CCCC2)[C@H](CO)O1)Nc1ccc(Cl)cc1. The van der Waals surface area contributed by atoms with E-state index in [4.69, 9.17) is 16.3 Å². The Bertz CT molecular complexity index is 679. The molecule has 2 aliphatic rings. The lowest BCUT2D eigenvalue weighted by molar-refractivity contribution is -0.131. The Hall–Kier alpha value is -1.83. The monoisotopic (exact) mass is 423 g/mol. The molecule has 3 atom stereocenters. The zero-order chi connectivity index (χ0) is 20.6. The number of halogens is 1. The van der Waals surface area contributed by atoms with Crippen molar-refractivity contribution in [1.82, 2.24) is 10.6 Å². The van der Waals surface area contributed by atoms with Gasteiger partial charge >= 0.3 is 6.03 Å². The van der Waals surface area contributed by atoms with Crippen LogP contribution in [0.2, 0.25) is 5.02 Å². The highest BCUT2D eigenvalue weighted by atomic mass is 35.5. The first-order valence-corrected chi connectivity index (χ1v) is 10.8. The molecule has 0 unspecified atom stereocenters. The molecular weight excluding hydrogens is 394 g/mol. The van der Waals surface area contributed by atoms with Crippen molar-refractivity contribution in [3.63, 3.8) is 0 Å². The van der Waals surface area contributed by atoms with E-state index in [0.717, 1.165) is 38.5 Å². The molecule has 1 aliphatic carbocycles. The number of rotatable bonds is 7. The van der Waals surface area contributed by atoms with Gasteiger partial charge < -0.3 is 25.8 Å². The van der Waals surface area contributed by atoms with E-state index in [1.54, 1.807) is 24.3 Å². The maximum Gasteiger partial charge on any atom is 0.319 e. The molecule has 2 fully saturated rings. The van der Waals surface area contributed by atoms with Gasteiger partial charge in [0.05, 0.1) is 18.8 Å². The molecule has 0 bridgehead atoms. The lowest BCUT2D eigenvalue weighted by atomic mass is 9.96. The summed E-state index contributed by atoms with van der Waals surface area (Å²) in [7, 11) is 0. The van der Waals surface area contributed by atoms with Gasteiger partial charge in [0.25, 0.3) is 0 Å². The summed E-state index contributed by atoms with van der Waals surface area (Å²) in [5.74, 6) is 0.198. The van der Waals surface area contributed by atoms with Crippen LogP contribution in [0.25, 0.3) is 0 Å². The second kappa shape index (κ2) is 10.8. The predicted octanol–water partition coefficient (Wildman–Crippen LogP) is 3.07. The van der Waals surface area contributed by atoms with E-state index in [1.807, 2.05) is 0 Å². The summed E-state index contributed by atoms with van der Waals surface area (Å²) in [6, 6.07) is 6.46. The number of nitrogens with one attached hydrogen (secondary N) is 3. The summed E-state index contributed by atoms with van der Waals surface area (Å²) in [5.41, 5.74) is 0.669. The van der Waals surface area contributed by atoms with E-state index in [9.17, 15) is 14.7 Å². The lowest BCUT2D eigenvalue weighted by Gasteiger charge is -2.36. The van der Waals surface area contributed by atoms with Crippen LogP contribution in [0.3, 0.4) is 0 Å². The average molecular weight is 424 g/mol. The molecule has 1 aliphatic heterocycles. The second-order valence-corrected chi connectivity index (χ2v) is 8.27. The van der Waals surface area contributed by atoms with E-state index in [1.165, 1.54) is 0 Å².